The zero-order valence-corrected chi connectivity index (χ0v) is 18.8. The van der Waals surface area contributed by atoms with Crippen molar-refractivity contribution in [1.29, 1.82) is 5.26 Å². The van der Waals surface area contributed by atoms with Crippen molar-refractivity contribution in [3.8, 4) is 17.6 Å². The number of hydrogen-bond acceptors (Lipinski definition) is 6. The van der Waals surface area contributed by atoms with Gasteiger partial charge in [0.15, 0.2) is 11.5 Å². The van der Waals surface area contributed by atoms with Crippen molar-refractivity contribution in [2.24, 2.45) is 5.10 Å². The Morgan fingerprint density at radius 3 is 2.66 bits per heavy atom. The zero-order valence-electron chi connectivity index (χ0n) is 16.7. The number of rotatable bonds is 7. The lowest BCUT2D eigenvalue weighted by Crippen LogP contribution is -2.05. The fourth-order valence-corrected chi connectivity index (χ4v) is 3.44. The Kier molecular flexibility index (Phi) is 7.53. The van der Waals surface area contributed by atoms with Crippen molar-refractivity contribution >= 4 is 34.6 Å². The second-order valence-corrected chi connectivity index (χ2v) is 7.55. The van der Waals surface area contributed by atoms with Gasteiger partial charge in [-0.15, -0.1) is 0 Å². The number of aromatic nitrogens is 1. The van der Waals surface area contributed by atoms with E-state index in [1.165, 1.54) is 19.4 Å². The Bertz CT molecular complexity index is 1160. The molecule has 0 saturated heterocycles. The van der Waals surface area contributed by atoms with E-state index in [0.717, 1.165) is 21.4 Å². The fraction of sp³-hybridized carbons (Fsp3) is 0.136. The summed E-state index contributed by atoms with van der Waals surface area (Å²) in [4.78, 5) is 3.70. The van der Waals surface area contributed by atoms with E-state index in [1.54, 1.807) is 24.3 Å². The maximum Gasteiger partial charge on any atom is 0.417 e. The van der Waals surface area contributed by atoms with E-state index in [9.17, 15) is 18.4 Å². The lowest BCUT2D eigenvalue weighted by molar-refractivity contribution is -0.137. The molecule has 2 aromatic carbocycles. The Hall–Kier alpha value is -3.33. The van der Waals surface area contributed by atoms with Gasteiger partial charge < -0.3 is 9.47 Å². The summed E-state index contributed by atoms with van der Waals surface area (Å²) >= 11 is 2.10. The summed E-state index contributed by atoms with van der Waals surface area (Å²) in [5.41, 5.74) is 3.72. The average molecular weight is 552 g/mol. The summed E-state index contributed by atoms with van der Waals surface area (Å²) < 4.78 is 49.9. The third kappa shape index (κ3) is 5.88. The normalized spacial score (nSPS) is 11.2. The molecule has 0 bridgehead atoms. The SMILES string of the molecule is COc1cc(/C=N\Nc2ccc(C(F)(F)F)cn2)cc(I)c1OCc1ccccc1C#N. The molecule has 0 aliphatic heterocycles. The van der Waals surface area contributed by atoms with Gasteiger partial charge in [-0.1, -0.05) is 18.2 Å². The minimum atomic E-state index is -4.44. The van der Waals surface area contributed by atoms with E-state index in [2.05, 4.69) is 44.2 Å². The molecule has 6 nitrogen and oxygen atoms in total. The quantitative estimate of drug-likeness (QED) is 0.234. The van der Waals surface area contributed by atoms with Gasteiger partial charge in [-0.05, 0) is 58.5 Å². The van der Waals surface area contributed by atoms with Crippen molar-refractivity contribution in [3.63, 3.8) is 0 Å². The molecule has 0 spiro atoms. The number of benzene rings is 2. The Morgan fingerprint density at radius 1 is 1.22 bits per heavy atom. The monoisotopic (exact) mass is 552 g/mol. The first-order valence-corrected chi connectivity index (χ1v) is 10.2. The van der Waals surface area contributed by atoms with Crippen LogP contribution in [0.2, 0.25) is 0 Å². The number of methoxy groups -OCH3 is 1. The maximum atomic E-state index is 12.6. The third-order valence-electron chi connectivity index (χ3n) is 4.25. The molecular weight excluding hydrogens is 536 g/mol. The second kappa shape index (κ2) is 10.3. The van der Waals surface area contributed by atoms with Gasteiger partial charge in [0.05, 0.1) is 34.1 Å². The summed E-state index contributed by atoms with van der Waals surface area (Å²) in [7, 11) is 1.51. The van der Waals surface area contributed by atoms with Gasteiger partial charge in [-0.25, -0.2) is 4.98 Å². The first kappa shape index (κ1) is 23.3. The van der Waals surface area contributed by atoms with Crippen LogP contribution in [0, 0.1) is 14.9 Å². The highest BCUT2D eigenvalue weighted by Crippen LogP contribution is 2.34. The smallest absolute Gasteiger partial charge is 0.417 e. The molecule has 32 heavy (non-hydrogen) atoms. The molecular formula is C22H16F3IN4O2. The van der Waals surface area contributed by atoms with Gasteiger partial charge in [0, 0.05) is 11.8 Å². The van der Waals surface area contributed by atoms with Crippen molar-refractivity contribution in [2.75, 3.05) is 12.5 Å². The van der Waals surface area contributed by atoms with Gasteiger partial charge in [0.1, 0.15) is 12.4 Å². The zero-order chi connectivity index (χ0) is 23.1. The molecule has 1 heterocycles. The van der Waals surface area contributed by atoms with Crippen LogP contribution in [0.1, 0.15) is 22.3 Å². The molecule has 0 unspecified atom stereocenters. The van der Waals surface area contributed by atoms with Crippen LogP contribution in [-0.2, 0) is 12.8 Å². The topological polar surface area (TPSA) is 79.5 Å². The number of pyridine rings is 1. The second-order valence-electron chi connectivity index (χ2n) is 6.39. The molecule has 0 amide bonds. The van der Waals surface area contributed by atoms with Crippen molar-refractivity contribution in [1.82, 2.24) is 4.98 Å². The van der Waals surface area contributed by atoms with E-state index < -0.39 is 11.7 Å². The lowest BCUT2D eigenvalue weighted by atomic mass is 10.1. The van der Waals surface area contributed by atoms with Crippen molar-refractivity contribution in [3.05, 3.63) is 80.6 Å². The molecule has 0 aliphatic rings. The van der Waals surface area contributed by atoms with Crippen LogP contribution in [0.4, 0.5) is 19.0 Å². The molecule has 1 N–H and O–H groups in total. The molecule has 3 rings (SSSR count). The number of halogens is 4. The minimum absolute atomic E-state index is 0.173. The first-order valence-electron chi connectivity index (χ1n) is 9.12. The van der Waals surface area contributed by atoms with Crippen LogP contribution < -0.4 is 14.9 Å². The predicted molar refractivity (Wildman–Crippen MR) is 122 cm³/mol. The molecule has 1 aromatic heterocycles. The van der Waals surface area contributed by atoms with E-state index in [-0.39, 0.29) is 12.4 Å². The lowest BCUT2D eigenvalue weighted by Gasteiger charge is -2.14. The van der Waals surface area contributed by atoms with E-state index in [4.69, 9.17) is 9.47 Å². The summed E-state index contributed by atoms with van der Waals surface area (Å²) in [5, 5.41) is 13.2. The highest BCUT2D eigenvalue weighted by atomic mass is 127. The molecule has 0 saturated carbocycles. The predicted octanol–water partition coefficient (Wildman–Crippen LogP) is 5.61. The Balaban J connectivity index is 1.71. The number of alkyl halides is 3. The Labute approximate surface area is 195 Å². The summed E-state index contributed by atoms with van der Waals surface area (Å²) in [5.74, 6) is 1.17. The van der Waals surface area contributed by atoms with Crippen LogP contribution in [0.5, 0.6) is 11.5 Å². The highest BCUT2D eigenvalue weighted by molar-refractivity contribution is 14.1. The van der Waals surface area contributed by atoms with Crippen LogP contribution in [0.25, 0.3) is 0 Å². The molecule has 0 radical (unpaired) electrons. The maximum absolute atomic E-state index is 12.6. The largest absolute Gasteiger partial charge is 0.493 e. The molecule has 0 atom stereocenters. The van der Waals surface area contributed by atoms with Gasteiger partial charge >= 0.3 is 6.18 Å². The van der Waals surface area contributed by atoms with E-state index in [0.29, 0.717) is 22.6 Å². The van der Waals surface area contributed by atoms with Crippen molar-refractivity contribution < 1.29 is 22.6 Å². The van der Waals surface area contributed by atoms with Gasteiger partial charge in [-0.2, -0.15) is 23.5 Å². The molecule has 0 fully saturated rings. The van der Waals surface area contributed by atoms with Crippen LogP contribution in [0.15, 0.2) is 59.8 Å². The minimum Gasteiger partial charge on any atom is -0.493 e. The van der Waals surface area contributed by atoms with Crippen LogP contribution >= 0.6 is 22.6 Å². The number of nitrogens with one attached hydrogen (secondary N) is 1. The number of anilines is 1. The fourth-order valence-electron chi connectivity index (χ4n) is 2.66. The first-order chi connectivity index (χ1) is 15.3. The Morgan fingerprint density at radius 2 is 2.00 bits per heavy atom. The number of hydrazone groups is 1. The molecule has 3 aromatic rings. The molecule has 164 valence electrons. The van der Waals surface area contributed by atoms with E-state index >= 15 is 0 Å². The summed E-state index contributed by atoms with van der Waals surface area (Å²) in [6.45, 7) is 0.199. The average Bonchev–Trinajstić information content (AvgIpc) is 2.78. The number of nitrogens with zero attached hydrogens (tertiary/aromatic N) is 3. The number of hydrogen-bond donors (Lipinski definition) is 1. The molecule has 0 aliphatic carbocycles. The number of nitriles is 1. The van der Waals surface area contributed by atoms with E-state index in [1.807, 2.05) is 12.1 Å². The van der Waals surface area contributed by atoms with Gasteiger partial charge in [-0.3, -0.25) is 5.43 Å². The van der Waals surface area contributed by atoms with Crippen molar-refractivity contribution in [2.45, 2.75) is 12.8 Å². The van der Waals surface area contributed by atoms with Crippen LogP contribution in [-0.4, -0.2) is 18.3 Å². The summed E-state index contributed by atoms with van der Waals surface area (Å²) in [6, 6.07) is 14.9. The standard InChI is InChI=1S/C22H16F3IN4O2/c1-31-19-9-14(11-29-30-20-7-6-17(12-28-20)22(23,24)25)8-18(26)21(19)32-13-16-5-3-2-4-15(16)10-27/h2-9,11-12H,13H2,1H3,(H,28,30)/b29-11-. The number of ether oxygens (including phenoxy) is 2. The highest BCUT2D eigenvalue weighted by Gasteiger charge is 2.30. The van der Waals surface area contributed by atoms with Gasteiger partial charge in [0.2, 0.25) is 0 Å². The third-order valence-corrected chi connectivity index (χ3v) is 5.05. The van der Waals surface area contributed by atoms with Gasteiger partial charge in [0.25, 0.3) is 0 Å². The van der Waals surface area contributed by atoms with Crippen LogP contribution in [0.3, 0.4) is 0 Å². The molecule has 10 heteroatoms. The summed E-state index contributed by atoms with van der Waals surface area (Å²) in [6.07, 6.45) is -2.22.